The average Bonchev–Trinajstić information content (AvgIpc) is 2.16. The Balaban J connectivity index is 3.07. The van der Waals surface area contributed by atoms with Crippen molar-refractivity contribution in [1.29, 1.82) is 0 Å². The van der Waals surface area contributed by atoms with Gasteiger partial charge in [-0.25, -0.2) is 3.71 Å². The highest BCUT2D eigenvalue weighted by Crippen LogP contribution is 2.21. The maximum absolute atomic E-state index is 4.90. The number of methoxy groups -OCH3 is 2. The molecule has 0 bridgehead atoms. The fraction of sp³-hybridized carbons (Fsp3) is 0.333. The van der Waals surface area contributed by atoms with Crippen molar-refractivity contribution in [2.75, 3.05) is 17.9 Å². The van der Waals surface area contributed by atoms with E-state index in [0.717, 1.165) is 3.71 Å². The molecule has 0 amide bonds. The fourth-order valence-electron chi connectivity index (χ4n) is 0.683. The molecule has 0 atom stereocenters. The molecule has 1 rings (SSSR count). The predicted molar refractivity (Wildman–Crippen MR) is 52.8 cm³/mol. The maximum atomic E-state index is 4.90. The van der Waals surface area contributed by atoms with Crippen LogP contribution in [0.3, 0.4) is 0 Å². The molecule has 0 N–H and O–H groups in total. The van der Waals surface area contributed by atoms with Crippen LogP contribution in [0, 0.1) is 0 Å². The van der Waals surface area contributed by atoms with Gasteiger partial charge in [-0.1, -0.05) is 0 Å². The van der Waals surface area contributed by atoms with Gasteiger partial charge in [-0.05, 0) is 0 Å². The van der Waals surface area contributed by atoms with Crippen molar-refractivity contribution in [3.05, 3.63) is 6.07 Å². The molecule has 2 radical (unpaired) electrons. The Bertz CT molecular complexity index is 273. The first-order chi connectivity index (χ1) is 6.17. The van der Waals surface area contributed by atoms with E-state index in [1.54, 1.807) is 0 Å². The number of hydrogen-bond acceptors (Lipinski definition) is 5. The van der Waals surface area contributed by atoms with Crippen LogP contribution in [-0.2, 0) is 0 Å². The van der Waals surface area contributed by atoms with Crippen molar-refractivity contribution in [2.45, 2.75) is 0 Å². The fourth-order valence-corrected chi connectivity index (χ4v) is 0.846. The van der Waals surface area contributed by atoms with Crippen LogP contribution in [0.5, 0.6) is 11.8 Å². The van der Waals surface area contributed by atoms with Crippen LogP contribution in [-0.4, -0.2) is 24.2 Å². The molecule has 1 aromatic heterocycles. The van der Waals surface area contributed by atoms with E-state index in [9.17, 15) is 0 Å². The summed E-state index contributed by atoms with van der Waals surface area (Å²) in [5.74, 6) is 0.921. The van der Waals surface area contributed by atoms with Crippen LogP contribution in [0.2, 0.25) is 0 Å². The van der Waals surface area contributed by atoms with Gasteiger partial charge in [0.2, 0.25) is 11.8 Å². The van der Waals surface area contributed by atoms with Gasteiger partial charge in [-0.3, -0.25) is 0 Å². The number of hydrogen-bond donors (Lipinski definition) is 0. The molecule has 0 unspecified atom stereocenters. The van der Waals surface area contributed by atoms with Gasteiger partial charge in [0.25, 0.3) is 5.95 Å². The topological polar surface area (TPSA) is 47.5 Å². The van der Waals surface area contributed by atoms with Crippen molar-refractivity contribution in [2.24, 2.45) is 0 Å². The molecule has 1 aromatic rings. The van der Waals surface area contributed by atoms with Crippen molar-refractivity contribution in [1.82, 2.24) is 9.97 Å². The molecule has 0 aromatic carbocycles. The van der Waals surface area contributed by atoms with Gasteiger partial charge in [-0.15, -0.1) is 0 Å². The zero-order valence-electron chi connectivity index (χ0n) is 7.05. The summed E-state index contributed by atoms with van der Waals surface area (Å²) in [7, 11) is 2.98. The van der Waals surface area contributed by atoms with Gasteiger partial charge < -0.3 is 9.47 Å². The summed E-state index contributed by atoms with van der Waals surface area (Å²) in [5.41, 5.74) is 0. The highest BCUT2D eigenvalue weighted by Gasteiger charge is 2.08. The minimum absolute atomic E-state index is 0.196. The van der Waals surface area contributed by atoms with E-state index in [1.165, 1.54) is 20.3 Å². The van der Waals surface area contributed by atoms with E-state index in [0.29, 0.717) is 11.8 Å². The summed E-state index contributed by atoms with van der Waals surface area (Å²) >= 11 is 9.34. The van der Waals surface area contributed by atoms with Crippen molar-refractivity contribution < 1.29 is 9.47 Å². The van der Waals surface area contributed by atoms with Crippen LogP contribution in [0.25, 0.3) is 0 Å². The minimum atomic E-state index is 0.196. The molecule has 0 saturated carbocycles. The zero-order chi connectivity index (χ0) is 9.84. The largest absolute Gasteiger partial charge is 0.481 e. The molecule has 0 aliphatic rings. The van der Waals surface area contributed by atoms with Gasteiger partial charge in [0.05, 0.1) is 45.9 Å². The molecule has 13 heavy (non-hydrogen) atoms. The Kier molecular flexibility index (Phi) is 3.49. The summed E-state index contributed by atoms with van der Waals surface area (Å²) in [6, 6.07) is 1.54. The lowest BCUT2D eigenvalue weighted by Crippen LogP contribution is -2.02. The van der Waals surface area contributed by atoms with E-state index in [2.05, 4.69) is 35.6 Å². The number of rotatable bonds is 3. The Labute approximate surface area is 87.2 Å². The van der Waals surface area contributed by atoms with Crippen LogP contribution in [0.1, 0.15) is 0 Å². The van der Waals surface area contributed by atoms with E-state index in [4.69, 9.17) is 9.47 Å². The van der Waals surface area contributed by atoms with Crippen LogP contribution < -0.4 is 13.2 Å². The molecule has 0 aliphatic heterocycles. The summed E-state index contributed by atoms with van der Waals surface area (Å²) in [5, 5.41) is 0. The molecule has 0 spiro atoms. The molecule has 0 fully saturated rings. The van der Waals surface area contributed by atoms with E-state index < -0.39 is 0 Å². The van der Waals surface area contributed by atoms with Crippen molar-refractivity contribution >= 4 is 31.6 Å². The number of nitrogens with zero attached hydrogens (tertiary/aromatic N) is 3. The smallest absolute Gasteiger partial charge is 0.254 e. The summed E-state index contributed by atoms with van der Waals surface area (Å²) in [4.78, 5) is 7.81. The predicted octanol–water partition coefficient (Wildman–Crippen LogP) is 1.53. The highest BCUT2D eigenvalue weighted by atomic mass is 32.2. The summed E-state index contributed by atoms with van der Waals surface area (Å²) in [6.45, 7) is 0. The van der Waals surface area contributed by atoms with Crippen molar-refractivity contribution in [3.8, 4) is 11.8 Å². The van der Waals surface area contributed by atoms with Crippen LogP contribution in [0.4, 0.5) is 5.95 Å². The standard InChI is InChI=1S/C6H7N3O2S2/c1-10-4-3-5(11-2)8-6(7-4)9(12)13/h3H,1-2H3. The zero-order valence-corrected chi connectivity index (χ0v) is 8.68. The van der Waals surface area contributed by atoms with Crippen LogP contribution in [0.15, 0.2) is 6.07 Å². The highest BCUT2D eigenvalue weighted by molar-refractivity contribution is 8.00. The lowest BCUT2D eigenvalue weighted by atomic mass is 10.6. The third kappa shape index (κ3) is 2.56. The third-order valence-corrected chi connectivity index (χ3v) is 1.58. The second kappa shape index (κ2) is 4.43. The van der Waals surface area contributed by atoms with Crippen molar-refractivity contribution in [3.63, 3.8) is 0 Å². The van der Waals surface area contributed by atoms with Gasteiger partial charge >= 0.3 is 0 Å². The summed E-state index contributed by atoms with van der Waals surface area (Å²) in [6.07, 6.45) is 0. The first-order valence-corrected chi connectivity index (χ1v) is 4.02. The normalized spacial score (nSPS) is 9.54. The molecular weight excluding hydrogens is 210 g/mol. The molecule has 1 heterocycles. The summed E-state index contributed by atoms with van der Waals surface area (Å²) < 4.78 is 10.7. The second-order valence-corrected chi connectivity index (χ2v) is 2.97. The van der Waals surface area contributed by atoms with E-state index in [1.807, 2.05) is 0 Å². The number of anilines is 1. The quantitative estimate of drug-likeness (QED) is 0.768. The molecule has 0 aliphatic carbocycles. The first kappa shape index (κ1) is 10.3. The second-order valence-electron chi connectivity index (χ2n) is 2.01. The lowest BCUT2D eigenvalue weighted by Gasteiger charge is -2.07. The molecule has 5 nitrogen and oxygen atoms in total. The maximum Gasteiger partial charge on any atom is 0.254 e. The lowest BCUT2D eigenvalue weighted by molar-refractivity contribution is 0.373. The van der Waals surface area contributed by atoms with Gasteiger partial charge in [0, 0.05) is 0 Å². The molecular formula is C6H7N3O2S2. The Morgan fingerprint density at radius 3 is 1.92 bits per heavy atom. The number of ether oxygens (including phenoxy) is 2. The van der Waals surface area contributed by atoms with Crippen LogP contribution >= 0.6 is 25.6 Å². The van der Waals surface area contributed by atoms with E-state index >= 15 is 0 Å². The molecule has 70 valence electrons. The Morgan fingerprint density at radius 1 is 1.15 bits per heavy atom. The monoisotopic (exact) mass is 217 g/mol. The third-order valence-electron chi connectivity index (χ3n) is 1.25. The number of aromatic nitrogens is 2. The van der Waals surface area contributed by atoms with E-state index in [-0.39, 0.29) is 5.95 Å². The minimum Gasteiger partial charge on any atom is -0.481 e. The van der Waals surface area contributed by atoms with Gasteiger partial charge in [0.1, 0.15) is 0 Å². The molecule has 0 saturated heterocycles. The SMILES string of the molecule is COc1cc(OC)nc(N([S])[S])n1. The van der Waals surface area contributed by atoms with Gasteiger partial charge in [-0.2, -0.15) is 9.97 Å². The Morgan fingerprint density at radius 2 is 1.62 bits per heavy atom. The van der Waals surface area contributed by atoms with Gasteiger partial charge in [0.15, 0.2) is 0 Å². The Hall–Kier alpha value is -0.820. The molecule has 7 heteroatoms. The average molecular weight is 217 g/mol. The first-order valence-electron chi connectivity index (χ1n) is 3.29.